The van der Waals surface area contributed by atoms with Crippen molar-refractivity contribution in [3.05, 3.63) is 71.4 Å². The Morgan fingerprint density at radius 2 is 1.83 bits per heavy atom. The molecule has 0 unspecified atom stereocenters. The number of aromatic nitrogens is 1. The number of amides is 1. The van der Waals surface area contributed by atoms with Gasteiger partial charge in [0.1, 0.15) is 0 Å². The summed E-state index contributed by atoms with van der Waals surface area (Å²) in [6.45, 7) is 3.74. The van der Waals surface area contributed by atoms with Crippen LogP contribution in [0.2, 0.25) is 0 Å². The molecule has 0 saturated carbocycles. The molecule has 1 aliphatic rings. The summed E-state index contributed by atoms with van der Waals surface area (Å²) in [5, 5.41) is 0.815. The van der Waals surface area contributed by atoms with Crippen molar-refractivity contribution < 1.29 is 19.1 Å². The lowest BCUT2D eigenvalue weighted by Crippen LogP contribution is -2.30. The monoisotopic (exact) mass is 404 g/mol. The van der Waals surface area contributed by atoms with Crippen molar-refractivity contribution in [3.63, 3.8) is 0 Å². The summed E-state index contributed by atoms with van der Waals surface area (Å²) in [6.07, 6.45) is 0.107. The first-order valence-corrected chi connectivity index (χ1v) is 10.1. The van der Waals surface area contributed by atoms with Crippen molar-refractivity contribution in [3.8, 4) is 0 Å². The second kappa shape index (κ2) is 8.14. The summed E-state index contributed by atoms with van der Waals surface area (Å²) in [7, 11) is 0. The van der Waals surface area contributed by atoms with E-state index in [2.05, 4.69) is 4.98 Å². The summed E-state index contributed by atoms with van der Waals surface area (Å²) >= 11 is 0. The number of ketones is 1. The number of H-pyrrole nitrogens is 1. The lowest BCUT2D eigenvalue weighted by Gasteiger charge is -2.25. The fraction of sp³-hybridized carbons (Fsp3) is 0.292. The van der Waals surface area contributed by atoms with Crippen LogP contribution in [0.4, 0.5) is 0 Å². The summed E-state index contributed by atoms with van der Waals surface area (Å²) in [5.41, 5.74) is 3.18. The lowest BCUT2D eigenvalue weighted by atomic mass is 10.1. The second-order valence-electron chi connectivity index (χ2n) is 7.74. The SMILES string of the molecule is Cc1[nH]c2ccccc2c1C(=O)COC(=O)[C@@H]1CC(=O)N([C@H](C)c2ccccc2)C1. The zero-order valence-corrected chi connectivity index (χ0v) is 17.1. The average molecular weight is 404 g/mol. The molecule has 6 nitrogen and oxygen atoms in total. The van der Waals surface area contributed by atoms with Crippen LogP contribution in [-0.2, 0) is 14.3 Å². The van der Waals surface area contributed by atoms with E-state index in [1.54, 1.807) is 4.90 Å². The summed E-state index contributed by atoms with van der Waals surface area (Å²) in [4.78, 5) is 42.6. The number of carbonyl (C=O) groups is 3. The van der Waals surface area contributed by atoms with E-state index < -0.39 is 11.9 Å². The highest BCUT2D eigenvalue weighted by molar-refractivity contribution is 6.10. The van der Waals surface area contributed by atoms with E-state index in [0.717, 1.165) is 22.2 Å². The highest BCUT2D eigenvalue weighted by atomic mass is 16.5. The quantitative estimate of drug-likeness (QED) is 0.500. The standard InChI is InChI=1S/C24H24N2O4/c1-15-23(19-10-6-7-11-20(19)25-15)21(27)14-30-24(29)18-12-22(28)26(13-18)16(2)17-8-4-3-5-9-17/h3-11,16,18,25H,12-14H2,1-2H3/t16-,18-/m1/s1. The molecule has 6 heteroatoms. The van der Waals surface area contributed by atoms with Gasteiger partial charge in [0, 0.05) is 35.1 Å². The Morgan fingerprint density at radius 1 is 1.13 bits per heavy atom. The first kappa shape index (κ1) is 19.9. The zero-order valence-electron chi connectivity index (χ0n) is 17.1. The third kappa shape index (κ3) is 3.73. The van der Waals surface area contributed by atoms with Gasteiger partial charge in [0.05, 0.1) is 12.0 Å². The molecule has 1 saturated heterocycles. The van der Waals surface area contributed by atoms with Crippen molar-refractivity contribution in [2.24, 2.45) is 5.92 Å². The van der Waals surface area contributed by atoms with Crippen LogP contribution in [0.3, 0.4) is 0 Å². The van der Waals surface area contributed by atoms with Crippen LogP contribution < -0.4 is 0 Å². The highest BCUT2D eigenvalue weighted by Crippen LogP contribution is 2.29. The number of Topliss-reactive ketones (excluding diaryl/α,β-unsaturated/α-hetero) is 1. The molecule has 3 aromatic rings. The summed E-state index contributed by atoms with van der Waals surface area (Å²) < 4.78 is 5.32. The molecule has 1 N–H and O–H groups in total. The first-order chi connectivity index (χ1) is 14.5. The van der Waals surface area contributed by atoms with E-state index in [4.69, 9.17) is 4.74 Å². The first-order valence-electron chi connectivity index (χ1n) is 10.1. The maximum Gasteiger partial charge on any atom is 0.311 e. The van der Waals surface area contributed by atoms with E-state index in [0.29, 0.717) is 12.1 Å². The smallest absolute Gasteiger partial charge is 0.311 e. The Bertz CT molecular complexity index is 1100. The predicted octanol–water partition coefficient (Wildman–Crippen LogP) is 3.81. The normalized spacial score (nSPS) is 17.3. The van der Waals surface area contributed by atoms with Crippen molar-refractivity contribution >= 4 is 28.6 Å². The van der Waals surface area contributed by atoms with Crippen molar-refractivity contribution in [1.82, 2.24) is 9.88 Å². The number of fused-ring (bicyclic) bond motifs is 1. The minimum absolute atomic E-state index is 0.0768. The summed E-state index contributed by atoms with van der Waals surface area (Å²) in [5.74, 6) is -1.39. The minimum atomic E-state index is -0.555. The number of benzene rings is 2. The average Bonchev–Trinajstić information content (AvgIpc) is 3.31. The van der Waals surface area contributed by atoms with Crippen LogP contribution in [0, 0.1) is 12.8 Å². The number of nitrogens with zero attached hydrogens (tertiary/aromatic N) is 1. The minimum Gasteiger partial charge on any atom is -0.457 e. The number of para-hydroxylation sites is 1. The second-order valence-corrected chi connectivity index (χ2v) is 7.74. The van der Waals surface area contributed by atoms with E-state index in [-0.39, 0.29) is 30.8 Å². The molecule has 0 bridgehead atoms. The van der Waals surface area contributed by atoms with Gasteiger partial charge in [0.15, 0.2) is 6.61 Å². The van der Waals surface area contributed by atoms with E-state index in [9.17, 15) is 14.4 Å². The number of rotatable bonds is 6. The number of carbonyl (C=O) groups excluding carboxylic acids is 3. The maximum atomic E-state index is 12.7. The number of nitrogens with one attached hydrogen (secondary N) is 1. The Labute approximate surface area is 174 Å². The molecule has 1 fully saturated rings. The van der Waals surface area contributed by atoms with Gasteiger partial charge in [-0.25, -0.2) is 0 Å². The van der Waals surface area contributed by atoms with E-state index in [1.165, 1.54) is 0 Å². The molecule has 1 aromatic heterocycles. The van der Waals surface area contributed by atoms with Gasteiger partial charge in [-0.3, -0.25) is 14.4 Å². The van der Waals surface area contributed by atoms with Gasteiger partial charge < -0.3 is 14.6 Å². The van der Waals surface area contributed by atoms with Crippen LogP contribution in [-0.4, -0.2) is 40.7 Å². The fourth-order valence-corrected chi connectivity index (χ4v) is 4.14. The van der Waals surface area contributed by atoms with Gasteiger partial charge in [-0.2, -0.15) is 0 Å². The van der Waals surface area contributed by atoms with Crippen LogP contribution in [0.25, 0.3) is 10.9 Å². The maximum absolute atomic E-state index is 12.7. The predicted molar refractivity (Wildman–Crippen MR) is 113 cm³/mol. The molecule has 2 heterocycles. The van der Waals surface area contributed by atoms with Crippen LogP contribution in [0.5, 0.6) is 0 Å². The van der Waals surface area contributed by atoms with Gasteiger partial charge in [0.25, 0.3) is 0 Å². The molecule has 2 aromatic carbocycles. The number of esters is 1. The third-order valence-corrected chi connectivity index (χ3v) is 5.76. The third-order valence-electron chi connectivity index (χ3n) is 5.76. The molecular formula is C24H24N2O4. The van der Waals surface area contributed by atoms with Crippen LogP contribution in [0.15, 0.2) is 54.6 Å². The van der Waals surface area contributed by atoms with Crippen LogP contribution >= 0.6 is 0 Å². The van der Waals surface area contributed by atoms with Crippen molar-refractivity contribution in [1.29, 1.82) is 0 Å². The number of hydrogen-bond donors (Lipinski definition) is 1. The zero-order chi connectivity index (χ0) is 21.3. The van der Waals surface area contributed by atoms with Crippen molar-refractivity contribution in [2.75, 3.05) is 13.2 Å². The molecule has 0 radical (unpaired) electrons. The molecule has 154 valence electrons. The molecular weight excluding hydrogens is 380 g/mol. The largest absolute Gasteiger partial charge is 0.457 e. The van der Waals surface area contributed by atoms with E-state index >= 15 is 0 Å². The molecule has 30 heavy (non-hydrogen) atoms. The Kier molecular flexibility index (Phi) is 5.40. The highest BCUT2D eigenvalue weighted by Gasteiger charge is 2.38. The number of aromatic amines is 1. The van der Waals surface area contributed by atoms with Gasteiger partial charge in [-0.05, 0) is 25.5 Å². The molecule has 2 atom stereocenters. The number of aryl methyl sites for hydroxylation is 1. The lowest BCUT2D eigenvalue weighted by molar-refractivity contribution is -0.147. The van der Waals surface area contributed by atoms with Gasteiger partial charge >= 0.3 is 5.97 Å². The number of ether oxygens (including phenoxy) is 1. The molecule has 4 rings (SSSR count). The number of hydrogen-bond acceptors (Lipinski definition) is 4. The van der Waals surface area contributed by atoms with Gasteiger partial charge in [-0.15, -0.1) is 0 Å². The molecule has 0 spiro atoms. The Balaban J connectivity index is 1.39. The fourth-order valence-electron chi connectivity index (χ4n) is 4.14. The van der Waals surface area contributed by atoms with Crippen LogP contribution in [0.1, 0.15) is 41.0 Å². The topological polar surface area (TPSA) is 79.5 Å². The Hall–Kier alpha value is -3.41. The Morgan fingerprint density at radius 3 is 2.60 bits per heavy atom. The van der Waals surface area contributed by atoms with Crippen molar-refractivity contribution in [2.45, 2.75) is 26.3 Å². The molecule has 1 aliphatic heterocycles. The van der Waals surface area contributed by atoms with E-state index in [1.807, 2.05) is 68.4 Å². The molecule has 1 amide bonds. The van der Waals surface area contributed by atoms with Gasteiger partial charge in [-0.1, -0.05) is 48.5 Å². The van der Waals surface area contributed by atoms with Gasteiger partial charge in [0.2, 0.25) is 11.7 Å². The summed E-state index contributed by atoms with van der Waals surface area (Å²) in [6, 6.07) is 17.1. The molecule has 0 aliphatic carbocycles. The number of likely N-dealkylation sites (tertiary alicyclic amines) is 1.